The number of nitrogens with two attached hydrogens (primary N) is 1. The van der Waals surface area contributed by atoms with Gasteiger partial charge in [-0.25, -0.2) is 0 Å². The fourth-order valence-electron chi connectivity index (χ4n) is 1.01. The molecule has 1 aromatic rings. The van der Waals surface area contributed by atoms with E-state index in [1.54, 1.807) is 6.92 Å². The van der Waals surface area contributed by atoms with Crippen LogP contribution in [0.1, 0.15) is 12.5 Å². The van der Waals surface area contributed by atoms with Gasteiger partial charge in [0.05, 0.1) is 5.71 Å². The molecule has 0 aliphatic rings. The van der Waals surface area contributed by atoms with Crippen LogP contribution in [0.15, 0.2) is 23.3 Å². The zero-order valence-corrected chi connectivity index (χ0v) is 8.88. The van der Waals surface area contributed by atoms with E-state index in [2.05, 4.69) is 22.7 Å². The number of hydrazone groups is 1. The number of hydrogen-bond acceptors (Lipinski definition) is 4. The number of hydrogen-bond donors (Lipinski definition) is 4. The van der Waals surface area contributed by atoms with Gasteiger partial charge in [0.1, 0.15) is 11.5 Å². The summed E-state index contributed by atoms with van der Waals surface area (Å²) in [6, 6.07) is 4.18. The normalized spacial score (nSPS) is 11.1. The minimum atomic E-state index is -0.0325. The average molecular weight is 225 g/mol. The maximum absolute atomic E-state index is 9.23. The van der Waals surface area contributed by atoms with Crippen molar-refractivity contribution in [2.24, 2.45) is 10.8 Å². The van der Waals surface area contributed by atoms with Crippen LogP contribution in [0, 0.1) is 0 Å². The Morgan fingerprint density at radius 3 is 2.33 bits per heavy atom. The van der Waals surface area contributed by atoms with Crippen LogP contribution in [-0.2, 0) is 0 Å². The molecular formula is C9H11N3O2S. The Kier molecular flexibility index (Phi) is 3.46. The molecular weight excluding hydrogens is 214 g/mol. The standard InChI is InChI=1S/C9H11N3O2S/c1-5(11-12-9(10)15)6-2-7(13)4-8(14)3-6/h2-4,13-14H,1H3,(H3,10,12,15)/b11-5-. The molecule has 0 saturated carbocycles. The van der Waals surface area contributed by atoms with E-state index in [9.17, 15) is 10.2 Å². The molecule has 80 valence electrons. The van der Waals surface area contributed by atoms with Gasteiger partial charge in [-0.15, -0.1) is 0 Å². The predicted octanol–water partition coefficient (Wildman–Crippen LogP) is 0.655. The number of thiocarbonyl (C=S) groups is 1. The van der Waals surface area contributed by atoms with Crippen molar-refractivity contribution in [1.29, 1.82) is 0 Å². The molecule has 5 nitrogen and oxygen atoms in total. The summed E-state index contributed by atoms with van der Waals surface area (Å²) >= 11 is 4.58. The van der Waals surface area contributed by atoms with Crippen LogP contribution in [0.2, 0.25) is 0 Å². The van der Waals surface area contributed by atoms with Crippen molar-refractivity contribution in [3.05, 3.63) is 23.8 Å². The molecule has 0 amide bonds. The summed E-state index contributed by atoms with van der Waals surface area (Å²) in [6.07, 6.45) is 0. The van der Waals surface area contributed by atoms with E-state index in [4.69, 9.17) is 5.73 Å². The van der Waals surface area contributed by atoms with Crippen molar-refractivity contribution < 1.29 is 10.2 Å². The largest absolute Gasteiger partial charge is 0.508 e. The van der Waals surface area contributed by atoms with E-state index in [1.807, 2.05) is 0 Å². The fraction of sp³-hybridized carbons (Fsp3) is 0.111. The number of phenolic OH excluding ortho intramolecular Hbond substituents is 2. The van der Waals surface area contributed by atoms with Crippen LogP contribution in [0.5, 0.6) is 11.5 Å². The Morgan fingerprint density at radius 1 is 1.33 bits per heavy atom. The quantitative estimate of drug-likeness (QED) is 0.337. The van der Waals surface area contributed by atoms with Gasteiger partial charge in [0.25, 0.3) is 0 Å². The summed E-state index contributed by atoms with van der Waals surface area (Å²) in [5.41, 5.74) is 8.74. The highest BCUT2D eigenvalue weighted by Gasteiger charge is 2.02. The Balaban J connectivity index is 2.95. The number of rotatable bonds is 2. The molecule has 0 radical (unpaired) electrons. The molecule has 1 rings (SSSR count). The van der Waals surface area contributed by atoms with Crippen LogP contribution in [-0.4, -0.2) is 21.0 Å². The Hall–Kier alpha value is -1.82. The second-order valence-electron chi connectivity index (χ2n) is 2.91. The third kappa shape index (κ3) is 3.43. The molecule has 1 aromatic carbocycles. The van der Waals surface area contributed by atoms with Crippen molar-refractivity contribution in [3.8, 4) is 11.5 Å². The molecule has 0 bridgehead atoms. The van der Waals surface area contributed by atoms with E-state index in [0.29, 0.717) is 11.3 Å². The molecule has 0 aliphatic heterocycles. The number of nitrogens with zero attached hydrogens (tertiary/aromatic N) is 1. The van der Waals surface area contributed by atoms with E-state index < -0.39 is 0 Å². The van der Waals surface area contributed by atoms with Crippen LogP contribution in [0.4, 0.5) is 0 Å². The summed E-state index contributed by atoms with van der Waals surface area (Å²) in [6.45, 7) is 1.69. The molecule has 5 N–H and O–H groups in total. The van der Waals surface area contributed by atoms with E-state index in [0.717, 1.165) is 0 Å². The summed E-state index contributed by atoms with van der Waals surface area (Å²) in [7, 11) is 0. The van der Waals surface area contributed by atoms with Crippen LogP contribution >= 0.6 is 12.2 Å². The predicted molar refractivity (Wildman–Crippen MR) is 61.9 cm³/mol. The molecule has 6 heteroatoms. The third-order valence-electron chi connectivity index (χ3n) is 1.65. The highest BCUT2D eigenvalue weighted by atomic mass is 32.1. The minimum absolute atomic E-state index is 0.0325. The first-order valence-corrected chi connectivity index (χ1v) is 4.53. The van der Waals surface area contributed by atoms with Gasteiger partial charge >= 0.3 is 0 Å². The first-order chi connectivity index (χ1) is 6.99. The van der Waals surface area contributed by atoms with Crippen LogP contribution in [0.3, 0.4) is 0 Å². The third-order valence-corrected chi connectivity index (χ3v) is 1.75. The van der Waals surface area contributed by atoms with Crippen molar-refractivity contribution in [2.75, 3.05) is 0 Å². The van der Waals surface area contributed by atoms with Gasteiger partial charge < -0.3 is 15.9 Å². The molecule has 0 aliphatic carbocycles. The first-order valence-electron chi connectivity index (χ1n) is 4.12. The van der Waals surface area contributed by atoms with Gasteiger partial charge in [-0.1, -0.05) is 0 Å². The van der Waals surface area contributed by atoms with Gasteiger partial charge in [0, 0.05) is 11.6 Å². The van der Waals surface area contributed by atoms with Gasteiger partial charge in [-0.3, -0.25) is 5.43 Å². The molecule has 0 fully saturated rings. The second-order valence-corrected chi connectivity index (χ2v) is 3.35. The molecule has 0 saturated heterocycles. The Bertz CT molecular complexity index is 398. The monoisotopic (exact) mass is 225 g/mol. The van der Waals surface area contributed by atoms with Gasteiger partial charge in [0.15, 0.2) is 5.11 Å². The second kappa shape index (κ2) is 4.61. The van der Waals surface area contributed by atoms with E-state index >= 15 is 0 Å². The van der Waals surface area contributed by atoms with Crippen molar-refractivity contribution in [3.63, 3.8) is 0 Å². The maximum atomic E-state index is 9.23. The topological polar surface area (TPSA) is 90.9 Å². The maximum Gasteiger partial charge on any atom is 0.184 e. The molecule has 0 heterocycles. The molecule has 0 aromatic heterocycles. The lowest BCUT2D eigenvalue weighted by Crippen LogP contribution is -2.25. The SMILES string of the molecule is C/C(=N/NC(N)=S)c1cc(O)cc(O)c1. The van der Waals surface area contributed by atoms with Crippen LogP contribution < -0.4 is 11.2 Å². The average Bonchev–Trinajstić information content (AvgIpc) is 2.12. The number of phenols is 2. The van der Waals surface area contributed by atoms with E-state index in [-0.39, 0.29) is 16.6 Å². The smallest absolute Gasteiger partial charge is 0.184 e. The van der Waals surface area contributed by atoms with Crippen molar-refractivity contribution >= 4 is 23.0 Å². The highest BCUT2D eigenvalue weighted by molar-refractivity contribution is 7.80. The summed E-state index contributed by atoms with van der Waals surface area (Å²) in [4.78, 5) is 0. The fourth-order valence-corrected chi connectivity index (χ4v) is 1.05. The lowest BCUT2D eigenvalue weighted by atomic mass is 10.1. The summed E-state index contributed by atoms with van der Waals surface area (Å²) < 4.78 is 0. The molecule has 0 atom stereocenters. The van der Waals surface area contributed by atoms with Gasteiger partial charge in [-0.05, 0) is 31.3 Å². The minimum Gasteiger partial charge on any atom is -0.508 e. The summed E-state index contributed by atoms with van der Waals surface area (Å²) in [5.74, 6) is -0.0650. The van der Waals surface area contributed by atoms with Crippen molar-refractivity contribution in [2.45, 2.75) is 6.92 Å². The molecule has 15 heavy (non-hydrogen) atoms. The van der Waals surface area contributed by atoms with E-state index in [1.165, 1.54) is 18.2 Å². The lowest BCUT2D eigenvalue weighted by Gasteiger charge is -2.03. The Labute approximate surface area is 92.2 Å². The first kappa shape index (κ1) is 11.3. The number of aromatic hydroxyl groups is 2. The Morgan fingerprint density at radius 2 is 1.87 bits per heavy atom. The highest BCUT2D eigenvalue weighted by Crippen LogP contribution is 2.20. The molecule has 0 spiro atoms. The van der Waals surface area contributed by atoms with Crippen LogP contribution in [0.25, 0.3) is 0 Å². The van der Waals surface area contributed by atoms with Gasteiger partial charge in [0.2, 0.25) is 0 Å². The lowest BCUT2D eigenvalue weighted by molar-refractivity contribution is 0.450. The number of benzene rings is 1. The summed E-state index contributed by atoms with van der Waals surface area (Å²) in [5, 5.41) is 22.4. The zero-order chi connectivity index (χ0) is 11.4. The van der Waals surface area contributed by atoms with Crippen molar-refractivity contribution in [1.82, 2.24) is 5.43 Å². The van der Waals surface area contributed by atoms with Gasteiger partial charge in [-0.2, -0.15) is 5.10 Å². The molecule has 0 unspecified atom stereocenters. The number of nitrogens with one attached hydrogen (secondary N) is 1. The zero-order valence-electron chi connectivity index (χ0n) is 8.06.